The maximum absolute atomic E-state index is 12.6. The molecule has 1 aliphatic rings. The first-order valence-electron chi connectivity index (χ1n) is 9.08. The Labute approximate surface area is 157 Å². The molecular formula is C20H23N3O4. The van der Waals surface area contributed by atoms with Crippen LogP contribution in [0.4, 0.5) is 0 Å². The van der Waals surface area contributed by atoms with Crippen LogP contribution in [0.5, 0.6) is 0 Å². The number of fused-ring (bicyclic) bond motifs is 1. The minimum Gasteiger partial charge on any atom is -0.467 e. The summed E-state index contributed by atoms with van der Waals surface area (Å²) in [6.45, 7) is 7.35. The molecule has 0 unspecified atom stereocenters. The Kier molecular flexibility index (Phi) is 5.71. The van der Waals surface area contributed by atoms with E-state index < -0.39 is 5.91 Å². The molecule has 142 valence electrons. The number of rotatable bonds is 8. The summed E-state index contributed by atoms with van der Waals surface area (Å²) in [6, 6.07) is 8.01. The highest BCUT2D eigenvalue weighted by molar-refractivity contribution is 6.21. The zero-order valence-electron chi connectivity index (χ0n) is 15.5. The molecule has 1 aromatic heterocycles. The lowest BCUT2D eigenvalue weighted by molar-refractivity contribution is 0.0631. The average molecular weight is 369 g/mol. The molecule has 3 amide bonds. The summed E-state index contributed by atoms with van der Waals surface area (Å²) >= 11 is 0. The monoisotopic (exact) mass is 369 g/mol. The number of likely N-dealkylation sites (N-methyl/N-ethyl adjacent to an activating group) is 1. The first-order chi connectivity index (χ1) is 13.0. The lowest BCUT2D eigenvalue weighted by atomic mass is 10.1. The molecule has 2 aromatic rings. The van der Waals surface area contributed by atoms with Crippen LogP contribution in [0.2, 0.25) is 0 Å². The summed E-state index contributed by atoms with van der Waals surface area (Å²) in [5, 5.41) is 2.86. The Morgan fingerprint density at radius 1 is 1.11 bits per heavy atom. The largest absolute Gasteiger partial charge is 0.467 e. The van der Waals surface area contributed by atoms with Crippen molar-refractivity contribution in [1.82, 2.24) is 15.1 Å². The summed E-state index contributed by atoms with van der Waals surface area (Å²) in [5.74, 6) is -0.516. The van der Waals surface area contributed by atoms with Gasteiger partial charge in [0, 0.05) is 18.7 Å². The number of imide groups is 1. The molecule has 1 aromatic carbocycles. The van der Waals surface area contributed by atoms with Crippen LogP contribution in [0.15, 0.2) is 41.0 Å². The number of benzene rings is 1. The predicted molar refractivity (Wildman–Crippen MR) is 99.5 cm³/mol. The van der Waals surface area contributed by atoms with Gasteiger partial charge in [-0.05, 0) is 43.4 Å². The van der Waals surface area contributed by atoms with E-state index in [-0.39, 0.29) is 23.9 Å². The second-order valence-corrected chi connectivity index (χ2v) is 6.32. The molecule has 1 N–H and O–H groups in total. The fourth-order valence-corrected chi connectivity index (χ4v) is 3.10. The number of carbonyl (C=O) groups is 3. The smallest absolute Gasteiger partial charge is 0.261 e. The van der Waals surface area contributed by atoms with Gasteiger partial charge in [-0.25, -0.2) is 0 Å². The molecule has 0 saturated heterocycles. The number of nitrogens with zero attached hydrogens (tertiary/aromatic N) is 2. The van der Waals surface area contributed by atoms with Crippen molar-refractivity contribution in [3.63, 3.8) is 0 Å². The first-order valence-corrected chi connectivity index (χ1v) is 9.08. The van der Waals surface area contributed by atoms with Crippen molar-refractivity contribution in [1.29, 1.82) is 0 Å². The molecule has 0 atom stereocenters. The Morgan fingerprint density at radius 3 is 2.52 bits per heavy atom. The van der Waals surface area contributed by atoms with E-state index in [1.807, 2.05) is 0 Å². The highest BCUT2D eigenvalue weighted by Crippen LogP contribution is 2.25. The summed E-state index contributed by atoms with van der Waals surface area (Å²) in [5.41, 5.74) is 0.934. The van der Waals surface area contributed by atoms with Crippen LogP contribution in [0.25, 0.3) is 0 Å². The second kappa shape index (κ2) is 8.18. The van der Waals surface area contributed by atoms with E-state index in [9.17, 15) is 14.4 Å². The summed E-state index contributed by atoms with van der Waals surface area (Å²) in [6.07, 6.45) is 1.49. The topological polar surface area (TPSA) is 82.9 Å². The third-order valence-electron chi connectivity index (χ3n) is 4.73. The molecule has 7 heteroatoms. The van der Waals surface area contributed by atoms with Crippen molar-refractivity contribution < 1.29 is 18.8 Å². The molecule has 0 spiro atoms. The number of amides is 3. The minimum absolute atomic E-state index is 0.0742. The SMILES string of the molecule is CCN(CC)CCNC(=O)c1ccc2c(c1)C(=O)N(Cc1ccco1)C2=O. The van der Waals surface area contributed by atoms with Crippen LogP contribution < -0.4 is 5.32 Å². The molecular weight excluding hydrogens is 346 g/mol. The van der Waals surface area contributed by atoms with Crippen LogP contribution in [0.1, 0.15) is 50.7 Å². The molecule has 2 heterocycles. The van der Waals surface area contributed by atoms with E-state index in [1.165, 1.54) is 18.4 Å². The van der Waals surface area contributed by atoms with Crippen LogP contribution in [-0.4, -0.2) is 53.7 Å². The van der Waals surface area contributed by atoms with Gasteiger partial charge in [-0.2, -0.15) is 0 Å². The molecule has 0 fully saturated rings. The Balaban J connectivity index is 1.69. The third-order valence-corrected chi connectivity index (χ3v) is 4.73. The number of furan rings is 1. The van der Waals surface area contributed by atoms with Gasteiger partial charge >= 0.3 is 0 Å². The van der Waals surface area contributed by atoms with Crippen molar-refractivity contribution in [2.75, 3.05) is 26.2 Å². The normalized spacial score (nSPS) is 13.4. The van der Waals surface area contributed by atoms with Crippen molar-refractivity contribution >= 4 is 17.7 Å². The number of carbonyl (C=O) groups excluding carboxylic acids is 3. The quantitative estimate of drug-likeness (QED) is 0.721. The Bertz CT molecular complexity index is 841. The maximum atomic E-state index is 12.6. The van der Waals surface area contributed by atoms with Crippen LogP contribution in [0.3, 0.4) is 0 Å². The molecule has 3 rings (SSSR count). The lowest BCUT2D eigenvalue weighted by Crippen LogP contribution is -2.34. The van der Waals surface area contributed by atoms with E-state index in [0.717, 1.165) is 24.5 Å². The Hall–Kier alpha value is -2.93. The molecule has 0 radical (unpaired) electrons. The van der Waals surface area contributed by atoms with Crippen molar-refractivity contribution in [3.05, 3.63) is 59.0 Å². The maximum Gasteiger partial charge on any atom is 0.261 e. The van der Waals surface area contributed by atoms with Gasteiger partial charge in [-0.1, -0.05) is 13.8 Å². The third kappa shape index (κ3) is 3.93. The first kappa shape index (κ1) is 18.8. The fourth-order valence-electron chi connectivity index (χ4n) is 3.10. The highest BCUT2D eigenvalue weighted by atomic mass is 16.3. The highest BCUT2D eigenvalue weighted by Gasteiger charge is 2.36. The summed E-state index contributed by atoms with van der Waals surface area (Å²) in [4.78, 5) is 40.8. The minimum atomic E-state index is -0.413. The molecule has 0 bridgehead atoms. The van der Waals surface area contributed by atoms with Crippen LogP contribution >= 0.6 is 0 Å². The summed E-state index contributed by atoms with van der Waals surface area (Å²) < 4.78 is 5.22. The molecule has 7 nitrogen and oxygen atoms in total. The van der Waals surface area contributed by atoms with E-state index in [4.69, 9.17) is 4.42 Å². The van der Waals surface area contributed by atoms with Gasteiger partial charge in [0.25, 0.3) is 17.7 Å². The van der Waals surface area contributed by atoms with Crippen molar-refractivity contribution in [3.8, 4) is 0 Å². The predicted octanol–water partition coefficient (Wildman–Crippen LogP) is 2.15. The second-order valence-electron chi connectivity index (χ2n) is 6.32. The van der Waals surface area contributed by atoms with Gasteiger partial charge in [0.15, 0.2) is 0 Å². The van der Waals surface area contributed by atoms with Gasteiger partial charge in [0.05, 0.1) is 23.9 Å². The van der Waals surface area contributed by atoms with E-state index in [1.54, 1.807) is 18.2 Å². The number of hydrogen-bond acceptors (Lipinski definition) is 5. The zero-order valence-corrected chi connectivity index (χ0v) is 15.5. The fraction of sp³-hybridized carbons (Fsp3) is 0.350. The lowest BCUT2D eigenvalue weighted by Gasteiger charge is -2.17. The van der Waals surface area contributed by atoms with Gasteiger partial charge in [-0.15, -0.1) is 0 Å². The molecule has 0 saturated carbocycles. The summed E-state index contributed by atoms with van der Waals surface area (Å²) in [7, 11) is 0. The molecule has 0 aliphatic carbocycles. The standard InChI is InChI=1S/C20H23N3O4/c1-3-22(4-2)10-9-21-18(24)14-7-8-16-17(12-14)20(26)23(19(16)25)13-15-6-5-11-27-15/h5-8,11-12H,3-4,9-10,13H2,1-2H3,(H,21,24). The van der Waals surface area contributed by atoms with Crippen molar-refractivity contribution in [2.45, 2.75) is 20.4 Å². The van der Waals surface area contributed by atoms with Gasteiger partial charge in [0.2, 0.25) is 0 Å². The van der Waals surface area contributed by atoms with Gasteiger partial charge in [0.1, 0.15) is 5.76 Å². The average Bonchev–Trinajstić information content (AvgIpc) is 3.28. The van der Waals surface area contributed by atoms with Crippen LogP contribution in [0, 0.1) is 0 Å². The van der Waals surface area contributed by atoms with Gasteiger partial charge in [-0.3, -0.25) is 19.3 Å². The van der Waals surface area contributed by atoms with Gasteiger partial charge < -0.3 is 14.6 Å². The number of nitrogens with one attached hydrogen (secondary N) is 1. The molecule has 27 heavy (non-hydrogen) atoms. The van der Waals surface area contributed by atoms with E-state index >= 15 is 0 Å². The van der Waals surface area contributed by atoms with Crippen LogP contribution in [-0.2, 0) is 6.54 Å². The zero-order chi connectivity index (χ0) is 19.4. The Morgan fingerprint density at radius 2 is 1.85 bits per heavy atom. The van der Waals surface area contributed by atoms with Crippen molar-refractivity contribution in [2.24, 2.45) is 0 Å². The molecule has 1 aliphatic heterocycles. The van der Waals surface area contributed by atoms with E-state index in [2.05, 4.69) is 24.1 Å². The number of hydrogen-bond donors (Lipinski definition) is 1. The van der Waals surface area contributed by atoms with E-state index in [0.29, 0.717) is 23.4 Å².